The number of amides is 1. The highest BCUT2D eigenvalue weighted by atomic mass is 35.5. The van der Waals surface area contributed by atoms with Gasteiger partial charge in [0.15, 0.2) is 0 Å². The zero-order chi connectivity index (χ0) is 14.5. The van der Waals surface area contributed by atoms with E-state index in [4.69, 9.17) is 21.1 Å². The summed E-state index contributed by atoms with van der Waals surface area (Å²) in [5, 5.41) is 3.09. The van der Waals surface area contributed by atoms with Crippen LogP contribution in [0.1, 0.15) is 10.4 Å². The van der Waals surface area contributed by atoms with Gasteiger partial charge in [-0.15, -0.1) is 0 Å². The molecule has 0 spiro atoms. The van der Waals surface area contributed by atoms with Gasteiger partial charge in [0.25, 0.3) is 5.91 Å². The third kappa shape index (κ3) is 2.83. The molecule has 0 fully saturated rings. The number of hydrogen-bond acceptors (Lipinski definition) is 4. The number of carbonyl (C=O) groups is 1. The first-order chi connectivity index (χ1) is 9.67. The molecule has 1 amide bonds. The van der Waals surface area contributed by atoms with Crippen LogP contribution < -0.4 is 14.8 Å². The van der Waals surface area contributed by atoms with Crippen LogP contribution in [0.3, 0.4) is 0 Å². The van der Waals surface area contributed by atoms with Crippen molar-refractivity contribution in [1.82, 2.24) is 4.98 Å². The smallest absolute Gasteiger partial charge is 0.263 e. The maximum absolute atomic E-state index is 12.4. The number of carbonyl (C=O) groups excluding carboxylic acids is 1. The van der Waals surface area contributed by atoms with Crippen molar-refractivity contribution in [2.24, 2.45) is 0 Å². The van der Waals surface area contributed by atoms with Crippen LogP contribution >= 0.6 is 11.6 Å². The zero-order valence-corrected chi connectivity index (χ0v) is 11.8. The van der Waals surface area contributed by atoms with Crippen molar-refractivity contribution in [2.75, 3.05) is 19.5 Å². The van der Waals surface area contributed by atoms with Gasteiger partial charge >= 0.3 is 0 Å². The van der Waals surface area contributed by atoms with Crippen LogP contribution in [-0.2, 0) is 0 Å². The Bertz CT molecular complexity index is 609. The summed E-state index contributed by atoms with van der Waals surface area (Å²) in [7, 11) is 2.98. The number of nitrogens with zero attached hydrogens (tertiary/aromatic N) is 1. The summed E-state index contributed by atoms with van der Waals surface area (Å²) < 4.78 is 10.4. The molecule has 6 heteroatoms. The van der Waals surface area contributed by atoms with Crippen LogP contribution in [-0.4, -0.2) is 25.1 Å². The van der Waals surface area contributed by atoms with E-state index in [1.54, 1.807) is 30.5 Å². The number of benzene rings is 1. The van der Waals surface area contributed by atoms with Crippen LogP contribution in [0.4, 0.5) is 5.69 Å². The fourth-order valence-electron chi connectivity index (χ4n) is 1.73. The Kier molecular flexibility index (Phi) is 4.42. The summed E-state index contributed by atoms with van der Waals surface area (Å²) >= 11 is 5.99. The summed E-state index contributed by atoms with van der Waals surface area (Å²) in [5.41, 5.74) is 0.726. The maximum atomic E-state index is 12.4. The molecular formula is C14H13ClN2O3. The predicted molar refractivity (Wildman–Crippen MR) is 76.7 cm³/mol. The zero-order valence-electron chi connectivity index (χ0n) is 11.0. The molecule has 0 unspecified atom stereocenters. The van der Waals surface area contributed by atoms with Gasteiger partial charge in [-0.2, -0.15) is 0 Å². The highest BCUT2D eigenvalue weighted by molar-refractivity contribution is 6.33. The lowest BCUT2D eigenvalue weighted by atomic mass is 10.1. The van der Waals surface area contributed by atoms with Crippen molar-refractivity contribution < 1.29 is 14.3 Å². The predicted octanol–water partition coefficient (Wildman–Crippen LogP) is 3.00. The molecule has 20 heavy (non-hydrogen) atoms. The highest BCUT2D eigenvalue weighted by Crippen LogP contribution is 2.30. The second-order valence-corrected chi connectivity index (χ2v) is 4.25. The fourth-order valence-corrected chi connectivity index (χ4v) is 1.88. The Morgan fingerprint density at radius 3 is 2.40 bits per heavy atom. The van der Waals surface area contributed by atoms with E-state index >= 15 is 0 Å². The van der Waals surface area contributed by atoms with E-state index in [1.165, 1.54) is 20.4 Å². The van der Waals surface area contributed by atoms with Gasteiger partial charge in [-0.3, -0.25) is 9.78 Å². The van der Waals surface area contributed by atoms with Crippen molar-refractivity contribution in [3.05, 3.63) is 47.2 Å². The summed E-state index contributed by atoms with van der Waals surface area (Å²) in [5.74, 6) is 0.456. The average Bonchev–Trinajstić information content (AvgIpc) is 2.48. The van der Waals surface area contributed by atoms with Gasteiger partial charge < -0.3 is 14.8 Å². The monoisotopic (exact) mass is 292 g/mol. The van der Waals surface area contributed by atoms with Crippen molar-refractivity contribution in [3.63, 3.8) is 0 Å². The van der Waals surface area contributed by atoms with Gasteiger partial charge in [0.1, 0.15) is 17.1 Å². The molecule has 0 aliphatic heterocycles. The topological polar surface area (TPSA) is 60.5 Å². The second kappa shape index (κ2) is 6.25. The van der Waals surface area contributed by atoms with Crippen molar-refractivity contribution >= 4 is 23.2 Å². The van der Waals surface area contributed by atoms with Crippen LogP contribution in [0.2, 0.25) is 5.02 Å². The Hall–Kier alpha value is -2.27. The summed E-state index contributed by atoms with van der Waals surface area (Å²) in [6, 6.07) is 6.70. The second-order valence-electron chi connectivity index (χ2n) is 3.85. The maximum Gasteiger partial charge on any atom is 0.263 e. The summed E-state index contributed by atoms with van der Waals surface area (Å²) in [6.07, 6.45) is 3.02. The highest BCUT2D eigenvalue weighted by Gasteiger charge is 2.19. The first-order valence-electron chi connectivity index (χ1n) is 5.79. The first-order valence-corrected chi connectivity index (χ1v) is 6.17. The van der Waals surface area contributed by atoms with Crippen molar-refractivity contribution in [3.8, 4) is 11.5 Å². The molecule has 0 atom stereocenters. The molecule has 0 radical (unpaired) electrons. The molecule has 0 bridgehead atoms. The number of methoxy groups -OCH3 is 2. The molecule has 2 aromatic rings. The van der Waals surface area contributed by atoms with Gasteiger partial charge in [-0.1, -0.05) is 17.7 Å². The molecule has 1 N–H and O–H groups in total. The third-order valence-electron chi connectivity index (χ3n) is 2.67. The molecular weight excluding hydrogens is 280 g/mol. The Labute approximate surface area is 121 Å². The number of halogens is 1. The van der Waals surface area contributed by atoms with Crippen molar-refractivity contribution in [1.29, 1.82) is 0 Å². The number of nitrogens with one attached hydrogen (secondary N) is 1. The lowest BCUT2D eigenvalue weighted by Gasteiger charge is -2.13. The molecule has 104 valence electrons. The minimum absolute atomic E-state index is 0.303. The van der Waals surface area contributed by atoms with E-state index < -0.39 is 0 Å². The molecule has 1 heterocycles. The van der Waals surface area contributed by atoms with Gasteiger partial charge in [-0.25, -0.2) is 0 Å². The SMILES string of the molecule is COc1cccc(OC)c1C(=O)Nc1cnccc1Cl. The van der Waals surface area contributed by atoms with Crippen LogP contribution in [0.5, 0.6) is 11.5 Å². The average molecular weight is 293 g/mol. The molecule has 0 saturated carbocycles. The van der Waals surface area contributed by atoms with E-state index in [2.05, 4.69) is 10.3 Å². The molecule has 0 aliphatic rings. The third-order valence-corrected chi connectivity index (χ3v) is 3.00. The Morgan fingerprint density at radius 2 is 1.85 bits per heavy atom. The standard InChI is InChI=1S/C14H13ClN2O3/c1-19-11-4-3-5-12(20-2)13(11)14(18)17-10-8-16-7-6-9(10)15/h3-8H,1-2H3,(H,17,18). The number of rotatable bonds is 4. The quantitative estimate of drug-likeness (QED) is 0.941. The Balaban J connectivity index is 2.36. The molecule has 0 saturated heterocycles. The van der Waals surface area contributed by atoms with Gasteiger partial charge in [0.05, 0.1) is 31.1 Å². The molecule has 1 aromatic heterocycles. The van der Waals surface area contributed by atoms with E-state index in [1.807, 2.05) is 0 Å². The normalized spacial score (nSPS) is 9.95. The van der Waals surface area contributed by atoms with Crippen LogP contribution in [0, 0.1) is 0 Å². The lowest BCUT2D eigenvalue weighted by molar-refractivity contribution is 0.102. The molecule has 0 aliphatic carbocycles. The number of anilines is 1. The largest absolute Gasteiger partial charge is 0.496 e. The van der Waals surface area contributed by atoms with Crippen LogP contribution in [0.15, 0.2) is 36.7 Å². The summed E-state index contributed by atoms with van der Waals surface area (Å²) in [6.45, 7) is 0. The number of ether oxygens (including phenoxy) is 2. The number of hydrogen-bond donors (Lipinski definition) is 1. The lowest BCUT2D eigenvalue weighted by Crippen LogP contribution is -2.15. The van der Waals surface area contributed by atoms with Gasteiger partial charge in [-0.05, 0) is 18.2 Å². The fraction of sp³-hybridized carbons (Fsp3) is 0.143. The minimum Gasteiger partial charge on any atom is -0.496 e. The first kappa shape index (κ1) is 14.1. The molecule has 2 rings (SSSR count). The Morgan fingerprint density at radius 1 is 1.20 bits per heavy atom. The van der Waals surface area contributed by atoms with Crippen LogP contribution in [0.25, 0.3) is 0 Å². The van der Waals surface area contributed by atoms with E-state index in [0.717, 1.165) is 0 Å². The minimum atomic E-state index is -0.380. The van der Waals surface area contributed by atoms with Crippen molar-refractivity contribution in [2.45, 2.75) is 0 Å². The molecule has 5 nitrogen and oxygen atoms in total. The number of pyridine rings is 1. The van der Waals surface area contributed by atoms with E-state index in [0.29, 0.717) is 27.8 Å². The molecule has 1 aromatic carbocycles. The summed E-state index contributed by atoms with van der Waals surface area (Å²) in [4.78, 5) is 16.3. The van der Waals surface area contributed by atoms with Gasteiger partial charge in [0, 0.05) is 6.20 Å². The van der Waals surface area contributed by atoms with Gasteiger partial charge in [0.2, 0.25) is 0 Å². The number of aromatic nitrogens is 1. The van der Waals surface area contributed by atoms with E-state index in [-0.39, 0.29) is 5.91 Å². The van der Waals surface area contributed by atoms with E-state index in [9.17, 15) is 4.79 Å².